The van der Waals surface area contributed by atoms with Crippen molar-refractivity contribution in [2.45, 2.75) is 12.3 Å². The molecule has 1 saturated carbocycles. The number of H-pyrrole nitrogens is 1. The lowest BCUT2D eigenvalue weighted by Gasteiger charge is -2.04. The summed E-state index contributed by atoms with van der Waals surface area (Å²) in [5.74, 6) is 0.433. The second kappa shape index (κ2) is 4.48. The van der Waals surface area contributed by atoms with Gasteiger partial charge < -0.3 is 14.9 Å². The standard InChI is InChI=1S/C16H16N4O/c1-20-9-17-8-15(20)11-6-12(11)16(21)19-14-7-18-13-5-3-2-4-10(13)14/h2-5,7-9,11-12,18H,6H2,1H3,(H,19,21)/t11-,12-/m1/s1. The van der Waals surface area contributed by atoms with Crippen molar-refractivity contribution in [1.82, 2.24) is 14.5 Å². The number of aromatic nitrogens is 3. The number of nitrogens with zero attached hydrogens (tertiary/aromatic N) is 2. The number of hydrogen-bond acceptors (Lipinski definition) is 2. The highest BCUT2D eigenvalue weighted by Crippen LogP contribution is 2.47. The maximum atomic E-state index is 12.4. The lowest BCUT2D eigenvalue weighted by molar-refractivity contribution is -0.117. The van der Waals surface area contributed by atoms with Crippen LogP contribution in [0, 0.1) is 5.92 Å². The Hall–Kier alpha value is -2.56. The van der Waals surface area contributed by atoms with Crippen molar-refractivity contribution < 1.29 is 4.79 Å². The van der Waals surface area contributed by atoms with Crippen molar-refractivity contribution in [3.63, 3.8) is 0 Å². The Bertz CT molecular complexity index is 816. The molecule has 1 aliphatic carbocycles. The molecule has 0 unspecified atom stereocenters. The van der Waals surface area contributed by atoms with Crippen molar-refractivity contribution in [3.05, 3.63) is 48.7 Å². The van der Waals surface area contributed by atoms with Crippen LogP contribution in [0.25, 0.3) is 10.9 Å². The topological polar surface area (TPSA) is 62.7 Å². The number of hydrogen-bond donors (Lipinski definition) is 2. The van der Waals surface area contributed by atoms with Gasteiger partial charge >= 0.3 is 0 Å². The number of aromatic amines is 1. The fourth-order valence-electron chi connectivity index (χ4n) is 2.94. The highest BCUT2D eigenvalue weighted by atomic mass is 16.2. The summed E-state index contributed by atoms with van der Waals surface area (Å²) in [6.45, 7) is 0. The summed E-state index contributed by atoms with van der Waals surface area (Å²) in [4.78, 5) is 19.7. The van der Waals surface area contributed by atoms with Gasteiger partial charge in [0.15, 0.2) is 0 Å². The molecule has 0 bridgehead atoms. The molecule has 1 aromatic carbocycles. The lowest BCUT2D eigenvalue weighted by Crippen LogP contribution is -2.14. The van der Waals surface area contributed by atoms with E-state index in [2.05, 4.69) is 15.3 Å². The van der Waals surface area contributed by atoms with Crippen LogP contribution in [0.5, 0.6) is 0 Å². The first kappa shape index (κ1) is 12.2. The first-order valence-electron chi connectivity index (χ1n) is 7.07. The zero-order chi connectivity index (χ0) is 14.4. The molecule has 0 spiro atoms. The molecule has 2 heterocycles. The lowest BCUT2D eigenvalue weighted by atomic mass is 10.2. The molecule has 4 rings (SSSR count). The molecule has 0 aliphatic heterocycles. The predicted octanol–water partition coefficient (Wildman–Crippen LogP) is 2.64. The molecule has 0 saturated heterocycles. The minimum Gasteiger partial charge on any atom is -0.359 e. The second-order valence-electron chi connectivity index (χ2n) is 5.62. The molecular formula is C16H16N4O. The van der Waals surface area contributed by atoms with Crippen LogP contribution in [-0.2, 0) is 11.8 Å². The number of nitrogens with one attached hydrogen (secondary N) is 2. The van der Waals surface area contributed by atoms with Gasteiger partial charge in [-0.05, 0) is 12.5 Å². The summed E-state index contributed by atoms with van der Waals surface area (Å²) in [6.07, 6.45) is 6.38. The summed E-state index contributed by atoms with van der Waals surface area (Å²) >= 11 is 0. The Morgan fingerprint density at radius 3 is 3.10 bits per heavy atom. The molecule has 3 aromatic rings. The third kappa shape index (κ3) is 2.01. The van der Waals surface area contributed by atoms with Crippen LogP contribution in [0.3, 0.4) is 0 Å². The quantitative estimate of drug-likeness (QED) is 0.774. The molecule has 2 atom stereocenters. The van der Waals surface area contributed by atoms with Crippen molar-refractivity contribution in [3.8, 4) is 0 Å². The number of aryl methyl sites for hydroxylation is 1. The minimum absolute atomic E-state index is 0.0501. The van der Waals surface area contributed by atoms with Crippen molar-refractivity contribution in [2.75, 3.05) is 5.32 Å². The highest BCUT2D eigenvalue weighted by Gasteiger charge is 2.45. The van der Waals surface area contributed by atoms with Crippen molar-refractivity contribution in [2.24, 2.45) is 13.0 Å². The summed E-state index contributed by atoms with van der Waals surface area (Å²) < 4.78 is 1.99. The maximum absolute atomic E-state index is 12.4. The van der Waals surface area contributed by atoms with Crippen LogP contribution in [0.2, 0.25) is 0 Å². The van der Waals surface area contributed by atoms with Gasteiger partial charge in [-0.3, -0.25) is 4.79 Å². The average molecular weight is 280 g/mol. The van der Waals surface area contributed by atoms with Gasteiger partial charge in [-0.25, -0.2) is 4.98 Å². The molecule has 0 radical (unpaired) electrons. The van der Waals surface area contributed by atoms with Crippen LogP contribution in [0.15, 0.2) is 43.0 Å². The fourth-order valence-corrected chi connectivity index (χ4v) is 2.94. The van der Waals surface area contributed by atoms with Crippen LogP contribution in [0.4, 0.5) is 5.69 Å². The molecule has 1 amide bonds. The minimum atomic E-state index is 0.0501. The van der Waals surface area contributed by atoms with Gasteiger partial charge in [-0.1, -0.05) is 18.2 Å². The van der Waals surface area contributed by atoms with Gasteiger partial charge in [0.2, 0.25) is 5.91 Å². The zero-order valence-corrected chi connectivity index (χ0v) is 11.7. The molecule has 5 heteroatoms. The third-order valence-electron chi connectivity index (χ3n) is 4.21. The van der Waals surface area contributed by atoms with Crippen LogP contribution in [-0.4, -0.2) is 20.4 Å². The summed E-state index contributed by atoms with van der Waals surface area (Å²) in [7, 11) is 1.97. The van der Waals surface area contributed by atoms with Gasteiger partial charge in [0, 0.05) is 47.9 Å². The van der Waals surface area contributed by atoms with E-state index in [0.717, 1.165) is 28.7 Å². The first-order valence-corrected chi connectivity index (χ1v) is 7.07. The summed E-state index contributed by atoms with van der Waals surface area (Å²) in [6, 6.07) is 7.96. The van der Waals surface area contributed by atoms with Crippen LogP contribution in [0.1, 0.15) is 18.0 Å². The Kier molecular flexibility index (Phi) is 2.60. The monoisotopic (exact) mass is 280 g/mol. The maximum Gasteiger partial charge on any atom is 0.228 e. The zero-order valence-electron chi connectivity index (χ0n) is 11.7. The molecule has 2 aromatic heterocycles. The largest absolute Gasteiger partial charge is 0.359 e. The number of carbonyl (C=O) groups excluding carboxylic acids is 1. The number of benzene rings is 1. The number of imidazole rings is 1. The molecule has 106 valence electrons. The van der Waals surface area contributed by atoms with Crippen LogP contribution >= 0.6 is 0 Å². The molecule has 5 nitrogen and oxygen atoms in total. The second-order valence-corrected chi connectivity index (χ2v) is 5.62. The SMILES string of the molecule is Cn1cncc1[C@@H]1C[C@H]1C(=O)Nc1c[nH]c2ccccc12. The van der Waals surface area contributed by atoms with Gasteiger partial charge in [0.25, 0.3) is 0 Å². The number of amides is 1. The Balaban J connectivity index is 1.51. The van der Waals surface area contributed by atoms with Crippen molar-refractivity contribution >= 4 is 22.5 Å². The summed E-state index contributed by atoms with van der Waals surface area (Å²) in [5, 5.41) is 4.08. The van der Waals surface area contributed by atoms with Crippen molar-refractivity contribution in [1.29, 1.82) is 0 Å². The van der Waals surface area contributed by atoms with E-state index in [1.807, 2.05) is 48.3 Å². The van der Waals surface area contributed by atoms with E-state index in [0.29, 0.717) is 5.92 Å². The molecule has 21 heavy (non-hydrogen) atoms. The highest BCUT2D eigenvalue weighted by molar-refractivity contribution is 6.03. The van der Waals surface area contributed by atoms with Gasteiger partial charge in [0.05, 0.1) is 12.0 Å². The Morgan fingerprint density at radius 1 is 1.43 bits per heavy atom. The normalized spacial score (nSPS) is 20.6. The van der Waals surface area contributed by atoms with Gasteiger partial charge in [-0.15, -0.1) is 0 Å². The third-order valence-corrected chi connectivity index (χ3v) is 4.21. The molecule has 2 N–H and O–H groups in total. The number of para-hydroxylation sites is 1. The van der Waals surface area contributed by atoms with Gasteiger partial charge in [-0.2, -0.15) is 0 Å². The number of rotatable bonds is 3. The van der Waals surface area contributed by atoms with E-state index >= 15 is 0 Å². The van der Waals surface area contributed by atoms with E-state index in [4.69, 9.17) is 0 Å². The number of fused-ring (bicyclic) bond motifs is 1. The molecule has 1 fully saturated rings. The van der Waals surface area contributed by atoms with Crippen LogP contribution < -0.4 is 5.32 Å². The Morgan fingerprint density at radius 2 is 2.29 bits per heavy atom. The van der Waals surface area contributed by atoms with E-state index in [-0.39, 0.29) is 11.8 Å². The molecular weight excluding hydrogens is 264 g/mol. The number of carbonyl (C=O) groups is 1. The number of anilines is 1. The van der Waals surface area contributed by atoms with E-state index in [1.165, 1.54) is 0 Å². The van der Waals surface area contributed by atoms with E-state index in [9.17, 15) is 4.79 Å². The van der Waals surface area contributed by atoms with Gasteiger partial charge in [0.1, 0.15) is 0 Å². The Labute approximate surface area is 122 Å². The molecule has 1 aliphatic rings. The average Bonchev–Trinajstić information content (AvgIpc) is 3.02. The first-order chi connectivity index (χ1) is 10.2. The summed E-state index contributed by atoms with van der Waals surface area (Å²) in [5.41, 5.74) is 3.02. The van der Waals surface area contributed by atoms with E-state index < -0.39 is 0 Å². The fraction of sp³-hybridized carbons (Fsp3) is 0.250. The predicted molar refractivity (Wildman–Crippen MR) is 81.0 cm³/mol. The smallest absolute Gasteiger partial charge is 0.228 e. The van der Waals surface area contributed by atoms with E-state index in [1.54, 1.807) is 6.33 Å².